The van der Waals surface area contributed by atoms with Crippen LogP contribution < -0.4 is 10.1 Å². The van der Waals surface area contributed by atoms with Crippen molar-refractivity contribution in [3.05, 3.63) is 44.1 Å². The summed E-state index contributed by atoms with van der Waals surface area (Å²) in [6.07, 6.45) is 0. The summed E-state index contributed by atoms with van der Waals surface area (Å²) < 4.78 is 5.41. The van der Waals surface area contributed by atoms with E-state index in [1.807, 2.05) is 30.4 Å². The number of halogens is 1. The Labute approximate surface area is 129 Å². The van der Waals surface area contributed by atoms with Crippen LogP contribution in [0, 0.1) is 20.8 Å². The van der Waals surface area contributed by atoms with E-state index in [4.69, 9.17) is 16.3 Å². The number of anilines is 1. The van der Waals surface area contributed by atoms with Gasteiger partial charge in [-0.3, -0.25) is 0 Å². The minimum atomic E-state index is 0.231. The summed E-state index contributed by atoms with van der Waals surface area (Å²) in [4.78, 5) is 2.69. The Morgan fingerprint density at radius 1 is 1.20 bits per heavy atom. The van der Waals surface area contributed by atoms with E-state index in [-0.39, 0.29) is 6.04 Å². The van der Waals surface area contributed by atoms with Gasteiger partial charge in [0.05, 0.1) is 12.8 Å². The Bertz CT molecular complexity index is 621. The monoisotopic (exact) mass is 309 g/mol. The zero-order valence-electron chi connectivity index (χ0n) is 12.5. The fraction of sp³-hybridized carbons (Fsp3) is 0.375. The van der Waals surface area contributed by atoms with Crippen molar-refractivity contribution in [1.29, 1.82) is 0 Å². The smallest absolute Gasteiger partial charge is 0.143 e. The second kappa shape index (κ2) is 6.06. The summed E-state index contributed by atoms with van der Waals surface area (Å²) in [6, 6.07) is 6.37. The molecule has 4 heteroatoms. The largest absolute Gasteiger partial charge is 0.495 e. The fourth-order valence-electron chi connectivity index (χ4n) is 2.34. The number of hydrogen-bond donors (Lipinski definition) is 1. The third kappa shape index (κ3) is 3.10. The minimum absolute atomic E-state index is 0.231. The highest BCUT2D eigenvalue weighted by Gasteiger charge is 2.14. The Kier molecular flexibility index (Phi) is 4.61. The normalized spacial score (nSPS) is 12.3. The molecule has 1 unspecified atom stereocenters. The van der Waals surface area contributed by atoms with Gasteiger partial charge in [-0.1, -0.05) is 11.6 Å². The number of nitrogens with one attached hydrogen (secondary N) is 1. The molecule has 0 radical (unpaired) electrons. The number of ether oxygens (including phenoxy) is 1. The molecule has 1 atom stereocenters. The van der Waals surface area contributed by atoms with Crippen LogP contribution in [0.4, 0.5) is 5.69 Å². The van der Waals surface area contributed by atoms with Crippen LogP contribution in [-0.4, -0.2) is 7.11 Å². The van der Waals surface area contributed by atoms with Crippen LogP contribution in [0.2, 0.25) is 5.02 Å². The van der Waals surface area contributed by atoms with Gasteiger partial charge < -0.3 is 10.1 Å². The van der Waals surface area contributed by atoms with Gasteiger partial charge in [0.1, 0.15) is 5.75 Å². The third-order valence-corrected chi connectivity index (χ3v) is 4.79. The molecule has 2 rings (SSSR count). The molecule has 1 heterocycles. The lowest BCUT2D eigenvalue weighted by atomic mass is 10.1. The van der Waals surface area contributed by atoms with Crippen LogP contribution in [0.25, 0.3) is 0 Å². The summed E-state index contributed by atoms with van der Waals surface area (Å²) in [5, 5.41) is 4.25. The van der Waals surface area contributed by atoms with E-state index in [1.54, 1.807) is 7.11 Å². The quantitative estimate of drug-likeness (QED) is 0.804. The lowest BCUT2D eigenvalue weighted by molar-refractivity contribution is 0.416. The summed E-state index contributed by atoms with van der Waals surface area (Å²) in [5.74, 6) is 0.775. The molecule has 0 aliphatic heterocycles. The van der Waals surface area contributed by atoms with E-state index in [1.165, 1.54) is 15.3 Å². The van der Waals surface area contributed by atoms with Gasteiger partial charge in [0.2, 0.25) is 0 Å². The number of aryl methyl sites for hydroxylation is 3. The summed E-state index contributed by atoms with van der Waals surface area (Å²) in [6.45, 7) is 8.46. The average molecular weight is 310 g/mol. The standard InChI is InChI=1S/C16H20ClNOS/c1-9-6-15(16(19-5)8-14(9)17)18-11(3)13-7-10(2)20-12(13)4/h6-8,11,18H,1-5H3. The average Bonchev–Trinajstić information content (AvgIpc) is 2.72. The molecule has 0 aliphatic rings. The highest BCUT2D eigenvalue weighted by Crippen LogP contribution is 2.35. The van der Waals surface area contributed by atoms with E-state index < -0.39 is 0 Å². The van der Waals surface area contributed by atoms with Gasteiger partial charge in [0.25, 0.3) is 0 Å². The van der Waals surface area contributed by atoms with Crippen molar-refractivity contribution in [1.82, 2.24) is 0 Å². The van der Waals surface area contributed by atoms with Crippen molar-refractivity contribution in [2.24, 2.45) is 0 Å². The molecule has 0 saturated carbocycles. The van der Waals surface area contributed by atoms with Crippen molar-refractivity contribution < 1.29 is 4.74 Å². The maximum Gasteiger partial charge on any atom is 0.143 e. The highest BCUT2D eigenvalue weighted by atomic mass is 35.5. The number of thiophene rings is 1. The Balaban J connectivity index is 2.29. The van der Waals surface area contributed by atoms with Crippen molar-refractivity contribution in [2.75, 3.05) is 12.4 Å². The van der Waals surface area contributed by atoms with Gasteiger partial charge in [-0.05, 0) is 51.0 Å². The lowest BCUT2D eigenvalue weighted by Crippen LogP contribution is -2.08. The number of methoxy groups -OCH3 is 1. The van der Waals surface area contributed by atoms with Gasteiger partial charge in [-0.25, -0.2) is 0 Å². The van der Waals surface area contributed by atoms with Crippen LogP contribution in [0.5, 0.6) is 5.75 Å². The zero-order chi connectivity index (χ0) is 14.9. The number of rotatable bonds is 4. The van der Waals surface area contributed by atoms with E-state index in [2.05, 4.69) is 32.2 Å². The first-order valence-electron chi connectivity index (χ1n) is 6.60. The zero-order valence-corrected chi connectivity index (χ0v) is 14.1. The molecule has 0 amide bonds. The topological polar surface area (TPSA) is 21.3 Å². The first-order chi connectivity index (χ1) is 9.42. The fourth-order valence-corrected chi connectivity index (χ4v) is 3.51. The van der Waals surface area contributed by atoms with Crippen LogP contribution in [-0.2, 0) is 0 Å². The van der Waals surface area contributed by atoms with E-state index in [0.717, 1.165) is 22.0 Å². The maximum absolute atomic E-state index is 6.14. The van der Waals surface area contributed by atoms with Crippen LogP contribution >= 0.6 is 22.9 Å². The molecule has 1 aromatic heterocycles. The maximum atomic E-state index is 6.14. The van der Waals surface area contributed by atoms with E-state index >= 15 is 0 Å². The molecule has 2 nitrogen and oxygen atoms in total. The Hall–Kier alpha value is -1.19. The summed E-state index contributed by atoms with van der Waals surface area (Å²) >= 11 is 7.97. The van der Waals surface area contributed by atoms with Crippen LogP contribution in [0.1, 0.15) is 33.8 Å². The molecule has 0 saturated heterocycles. The highest BCUT2D eigenvalue weighted by molar-refractivity contribution is 7.12. The van der Waals surface area contributed by atoms with Crippen molar-refractivity contribution in [2.45, 2.75) is 33.7 Å². The van der Waals surface area contributed by atoms with Gasteiger partial charge >= 0.3 is 0 Å². The number of benzene rings is 1. The van der Waals surface area contributed by atoms with Gasteiger partial charge in [-0.15, -0.1) is 11.3 Å². The molecule has 20 heavy (non-hydrogen) atoms. The van der Waals surface area contributed by atoms with Crippen LogP contribution in [0.3, 0.4) is 0 Å². The third-order valence-electron chi connectivity index (χ3n) is 3.40. The first-order valence-corrected chi connectivity index (χ1v) is 7.79. The van der Waals surface area contributed by atoms with E-state index in [9.17, 15) is 0 Å². The Morgan fingerprint density at radius 3 is 2.45 bits per heavy atom. The molecule has 108 valence electrons. The molecule has 0 aliphatic carbocycles. The molecule has 0 bridgehead atoms. The second-order valence-corrected chi connectivity index (χ2v) is 6.90. The molecule has 0 fully saturated rings. The summed E-state index contributed by atoms with van der Waals surface area (Å²) in [7, 11) is 1.66. The second-order valence-electron chi connectivity index (χ2n) is 5.04. The molecule has 2 aromatic rings. The van der Waals surface area contributed by atoms with Crippen molar-refractivity contribution in [3.63, 3.8) is 0 Å². The molecular weight excluding hydrogens is 290 g/mol. The van der Waals surface area contributed by atoms with Gasteiger partial charge in [0, 0.05) is 26.9 Å². The first kappa shape index (κ1) is 15.2. The van der Waals surface area contributed by atoms with E-state index in [0.29, 0.717) is 0 Å². The number of hydrogen-bond acceptors (Lipinski definition) is 3. The predicted octanol–water partition coefficient (Wildman–Crippen LogP) is 5.51. The van der Waals surface area contributed by atoms with Gasteiger partial charge in [0.15, 0.2) is 0 Å². The van der Waals surface area contributed by atoms with Gasteiger partial charge in [-0.2, -0.15) is 0 Å². The molecule has 1 N–H and O–H groups in total. The molecular formula is C16H20ClNOS. The molecule has 0 spiro atoms. The van der Waals surface area contributed by atoms with Crippen LogP contribution in [0.15, 0.2) is 18.2 Å². The van der Waals surface area contributed by atoms with Crippen molar-refractivity contribution >= 4 is 28.6 Å². The van der Waals surface area contributed by atoms with Crippen molar-refractivity contribution in [3.8, 4) is 5.75 Å². The Morgan fingerprint density at radius 2 is 1.90 bits per heavy atom. The predicted molar refractivity (Wildman–Crippen MR) is 88.6 cm³/mol. The molecule has 1 aromatic carbocycles. The lowest BCUT2D eigenvalue weighted by Gasteiger charge is -2.19. The SMILES string of the molecule is COc1cc(Cl)c(C)cc1NC(C)c1cc(C)sc1C. The minimum Gasteiger partial charge on any atom is -0.495 e. The summed E-state index contributed by atoms with van der Waals surface area (Å²) in [5.41, 5.74) is 3.35.